The quantitative estimate of drug-likeness (QED) is 0.572. The van der Waals surface area contributed by atoms with E-state index in [1.54, 1.807) is 0 Å². The SMILES string of the molecule is C[C@H]1CCN(CCNc2cc(=O)n(CC3(O)CCN(C(=O)C[C@@H](C)c4ccccc4)CC3)cn2)C1. The van der Waals surface area contributed by atoms with Crippen LogP contribution in [0.1, 0.15) is 51.0 Å². The van der Waals surface area contributed by atoms with Gasteiger partial charge in [0.05, 0.1) is 18.5 Å². The molecule has 0 radical (unpaired) electrons. The molecule has 0 bridgehead atoms. The van der Waals surface area contributed by atoms with Gasteiger partial charge < -0.3 is 20.2 Å². The highest BCUT2D eigenvalue weighted by Crippen LogP contribution is 2.26. The summed E-state index contributed by atoms with van der Waals surface area (Å²) in [6.45, 7) is 9.47. The predicted molar refractivity (Wildman–Crippen MR) is 137 cm³/mol. The highest BCUT2D eigenvalue weighted by Gasteiger charge is 2.34. The Hall–Kier alpha value is -2.71. The number of carbonyl (C=O) groups is 1. The van der Waals surface area contributed by atoms with Gasteiger partial charge in [-0.1, -0.05) is 44.2 Å². The summed E-state index contributed by atoms with van der Waals surface area (Å²) in [6.07, 6.45) is 4.10. The summed E-state index contributed by atoms with van der Waals surface area (Å²) in [5.74, 6) is 1.59. The first-order valence-electron chi connectivity index (χ1n) is 12.9. The predicted octanol–water partition coefficient (Wildman–Crippen LogP) is 2.54. The Kier molecular flexibility index (Phi) is 8.23. The van der Waals surface area contributed by atoms with Crippen molar-refractivity contribution in [2.45, 2.75) is 57.6 Å². The lowest BCUT2D eigenvalue weighted by Gasteiger charge is -2.38. The van der Waals surface area contributed by atoms with E-state index in [9.17, 15) is 14.7 Å². The highest BCUT2D eigenvalue weighted by molar-refractivity contribution is 5.77. The normalized spacial score (nSPS) is 21.1. The van der Waals surface area contributed by atoms with Gasteiger partial charge in [0.2, 0.25) is 5.91 Å². The van der Waals surface area contributed by atoms with Crippen LogP contribution in [0.4, 0.5) is 5.82 Å². The monoisotopic (exact) mass is 481 g/mol. The van der Waals surface area contributed by atoms with E-state index in [1.165, 1.54) is 23.4 Å². The zero-order valence-electron chi connectivity index (χ0n) is 21.0. The van der Waals surface area contributed by atoms with Gasteiger partial charge in [0.15, 0.2) is 0 Å². The molecule has 2 atom stereocenters. The van der Waals surface area contributed by atoms with Gasteiger partial charge >= 0.3 is 0 Å². The summed E-state index contributed by atoms with van der Waals surface area (Å²) in [5.41, 5.74) is -0.0416. The van der Waals surface area contributed by atoms with Crippen molar-refractivity contribution in [1.29, 1.82) is 0 Å². The Morgan fingerprint density at radius 3 is 2.63 bits per heavy atom. The lowest BCUT2D eigenvalue weighted by molar-refractivity contribution is -0.136. The zero-order valence-corrected chi connectivity index (χ0v) is 21.0. The summed E-state index contributed by atoms with van der Waals surface area (Å²) in [6, 6.07) is 11.6. The topological polar surface area (TPSA) is 90.7 Å². The van der Waals surface area contributed by atoms with Crippen LogP contribution in [0.2, 0.25) is 0 Å². The molecule has 4 rings (SSSR count). The molecule has 2 aliphatic rings. The molecule has 1 amide bonds. The number of hydrogen-bond acceptors (Lipinski definition) is 6. The van der Waals surface area contributed by atoms with Crippen LogP contribution in [-0.2, 0) is 11.3 Å². The number of likely N-dealkylation sites (tertiary alicyclic amines) is 2. The van der Waals surface area contributed by atoms with Gasteiger partial charge in [-0.05, 0) is 43.2 Å². The van der Waals surface area contributed by atoms with Gasteiger partial charge in [0, 0.05) is 45.2 Å². The van der Waals surface area contributed by atoms with Crippen molar-refractivity contribution in [3.05, 3.63) is 58.6 Å². The van der Waals surface area contributed by atoms with Gasteiger partial charge in [-0.3, -0.25) is 14.2 Å². The number of aromatic nitrogens is 2. The van der Waals surface area contributed by atoms with Crippen molar-refractivity contribution >= 4 is 11.7 Å². The average Bonchev–Trinajstić information content (AvgIpc) is 3.26. The molecular weight excluding hydrogens is 442 g/mol. The molecule has 2 aromatic rings. The lowest BCUT2D eigenvalue weighted by atomic mass is 9.90. The van der Waals surface area contributed by atoms with Crippen LogP contribution in [0.25, 0.3) is 0 Å². The molecule has 2 N–H and O–H groups in total. The first-order valence-corrected chi connectivity index (χ1v) is 12.9. The molecule has 2 fully saturated rings. The first kappa shape index (κ1) is 25.4. The van der Waals surface area contributed by atoms with E-state index in [1.807, 2.05) is 35.2 Å². The Balaban J connectivity index is 1.24. The van der Waals surface area contributed by atoms with E-state index >= 15 is 0 Å². The van der Waals surface area contributed by atoms with Crippen LogP contribution in [0, 0.1) is 5.92 Å². The number of carbonyl (C=O) groups excluding carboxylic acids is 1. The van der Waals surface area contributed by atoms with Crippen molar-refractivity contribution in [2.75, 3.05) is 44.6 Å². The Morgan fingerprint density at radius 1 is 1.23 bits per heavy atom. The number of nitrogens with zero attached hydrogens (tertiary/aromatic N) is 4. The number of nitrogens with one attached hydrogen (secondary N) is 1. The number of benzene rings is 1. The molecular formula is C27H39N5O3. The molecule has 8 nitrogen and oxygen atoms in total. The summed E-state index contributed by atoms with van der Waals surface area (Å²) < 4.78 is 1.47. The van der Waals surface area contributed by atoms with Crippen LogP contribution >= 0.6 is 0 Å². The van der Waals surface area contributed by atoms with Crippen LogP contribution in [0.3, 0.4) is 0 Å². The van der Waals surface area contributed by atoms with Crippen LogP contribution < -0.4 is 10.9 Å². The molecule has 190 valence electrons. The standard InChI is InChI=1S/C27H39N5O3/c1-21-8-12-30(18-21)15-11-28-24-17-26(34)32(20-29-24)19-27(35)9-13-31(14-10-27)25(33)16-22(2)23-6-4-3-5-7-23/h3-7,17,20-22,28,35H,8-16,18-19H2,1-2H3/t21-,22+/m0/s1. The molecule has 3 heterocycles. The molecule has 0 unspecified atom stereocenters. The third-order valence-corrected chi connectivity index (χ3v) is 7.48. The number of aliphatic hydroxyl groups is 1. The Bertz CT molecular complexity index is 1030. The maximum atomic E-state index is 12.8. The molecule has 8 heteroatoms. The fourth-order valence-electron chi connectivity index (χ4n) is 5.15. The van der Waals surface area contributed by atoms with E-state index in [0.717, 1.165) is 37.7 Å². The van der Waals surface area contributed by atoms with Gasteiger partial charge in [-0.15, -0.1) is 0 Å². The molecule has 0 saturated carbocycles. The second-order valence-corrected chi connectivity index (χ2v) is 10.5. The Morgan fingerprint density at radius 2 is 1.97 bits per heavy atom. The smallest absolute Gasteiger partial charge is 0.255 e. The molecule has 2 aliphatic heterocycles. The van der Waals surface area contributed by atoms with Gasteiger partial charge in [0.1, 0.15) is 5.82 Å². The molecule has 0 spiro atoms. The highest BCUT2D eigenvalue weighted by atomic mass is 16.3. The molecule has 2 saturated heterocycles. The van der Waals surface area contributed by atoms with E-state index in [-0.39, 0.29) is 23.9 Å². The lowest BCUT2D eigenvalue weighted by Crippen LogP contribution is -2.49. The van der Waals surface area contributed by atoms with Crippen molar-refractivity contribution < 1.29 is 9.90 Å². The van der Waals surface area contributed by atoms with Crippen molar-refractivity contribution in [3.63, 3.8) is 0 Å². The van der Waals surface area contributed by atoms with Crippen LogP contribution in [0.5, 0.6) is 0 Å². The summed E-state index contributed by atoms with van der Waals surface area (Å²) in [7, 11) is 0. The first-order chi connectivity index (χ1) is 16.8. The van der Waals surface area contributed by atoms with Crippen molar-refractivity contribution in [2.24, 2.45) is 5.92 Å². The third-order valence-electron chi connectivity index (χ3n) is 7.48. The third kappa shape index (κ3) is 6.92. The van der Waals surface area contributed by atoms with E-state index in [2.05, 4.69) is 29.0 Å². The van der Waals surface area contributed by atoms with E-state index in [4.69, 9.17) is 0 Å². The molecule has 0 aliphatic carbocycles. The van der Waals surface area contributed by atoms with Crippen LogP contribution in [-0.4, -0.2) is 75.2 Å². The maximum Gasteiger partial charge on any atom is 0.255 e. The summed E-state index contributed by atoms with van der Waals surface area (Å²) in [5, 5.41) is 14.4. The number of piperidine rings is 1. The number of anilines is 1. The van der Waals surface area contributed by atoms with E-state index in [0.29, 0.717) is 38.2 Å². The maximum absolute atomic E-state index is 12.8. The number of amides is 1. The minimum atomic E-state index is -1.02. The zero-order chi connectivity index (χ0) is 24.8. The molecule has 35 heavy (non-hydrogen) atoms. The second kappa shape index (κ2) is 11.4. The largest absolute Gasteiger partial charge is 0.388 e. The minimum Gasteiger partial charge on any atom is -0.388 e. The average molecular weight is 482 g/mol. The van der Waals surface area contributed by atoms with Crippen LogP contribution in [0.15, 0.2) is 47.5 Å². The summed E-state index contributed by atoms with van der Waals surface area (Å²) in [4.78, 5) is 34.1. The van der Waals surface area contributed by atoms with Crippen molar-refractivity contribution in [1.82, 2.24) is 19.4 Å². The van der Waals surface area contributed by atoms with Gasteiger partial charge in [-0.2, -0.15) is 0 Å². The van der Waals surface area contributed by atoms with Crippen molar-refractivity contribution in [3.8, 4) is 0 Å². The minimum absolute atomic E-state index is 0.112. The van der Waals surface area contributed by atoms with Gasteiger partial charge in [-0.25, -0.2) is 4.98 Å². The second-order valence-electron chi connectivity index (χ2n) is 10.5. The van der Waals surface area contributed by atoms with Gasteiger partial charge in [0.25, 0.3) is 5.56 Å². The number of rotatable bonds is 9. The fourth-order valence-corrected chi connectivity index (χ4v) is 5.15. The van der Waals surface area contributed by atoms with E-state index < -0.39 is 5.60 Å². The Labute approximate surface area is 208 Å². The molecule has 1 aromatic heterocycles. The molecule has 1 aromatic carbocycles. The fraction of sp³-hybridized carbons (Fsp3) is 0.593. The summed E-state index contributed by atoms with van der Waals surface area (Å²) >= 11 is 0. The number of hydrogen-bond donors (Lipinski definition) is 2.